The summed E-state index contributed by atoms with van der Waals surface area (Å²) in [5.41, 5.74) is 4.88. The minimum absolute atomic E-state index is 0.0756. The number of aromatic hydroxyl groups is 1. The van der Waals surface area contributed by atoms with Gasteiger partial charge in [0.2, 0.25) is 10.0 Å². The number of nitrogen functional groups attached to an aromatic ring is 1. The van der Waals surface area contributed by atoms with Gasteiger partial charge in [0, 0.05) is 17.3 Å². The summed E-state index contributed by atoms with van der Waals surface area (Å²) in [5.74, 6) is -0.541. The molecule has 2 rings (SSSR count). The molecule has 0 aromatic heterocycles. The van der Waals surface area contributed by atoms with Crippen LogP contribution in [0.5, 0.6) is 5.75 Å². The van der Waals surface area contributed by atoms with Crippen LogP contribution in [0.4, 0.5) is 17.1 Å². The van der Waals surface area contributed by atoms with Gasteiger partial charge in [-0.1, -0.05) is 0 Å². The van der Waals surface area contributed by atoms with Crippen LogP contribution in [0.25, 0.3) is 0 Å². The lowest BCUT2D eigenvalue weighted by atomic mass is 10.1. The first-order valence-electron chi connectivity index (χ1n) is 6.44. The summed E-state index contributed by atoms with van der Waals surface area (Å²) in [6.07, 6.45) is 0. The van der Waals surface area contributed by atoms with Crippen molar-refractivity contribution in [1.29, 1.82) is 0 Å². The Bertz CT molecular complexity index is 911. The highest BCUT2D eigenvalue weighted by Gasteiger charge is 2.21. The van der Waals surface area contributed by atoms with Gasteiger partial charge in [-0.05, 0) is 31.2 Å². The van der Waals surface area contributed by atoms with E-state index >= 15 is 0 Å². The van der Waals surface area contributed by atoms with Crippen molar-refractivity contribution in [2.75, 3.05) is 5.73 Å². The van der Waals surface area contributed by atoms with Crippen molar-refractivity contribution in [2.45, 2.75) is 11.8 Å². The van der Waals surface area contributed by atoms with Crippen molar-refractivity contribution in [3.63, 3.8) is 0 Å². The van der Waals surface area contributed by atoms with Gasteiger partial charge >= 0.3 is 5.69 Å². The van der Waals surface area contributed by atoms with Gasteiger partial charge in [0.1, 0.15) is 0 Å². The minimum atomic E-state index is -3.58. The SMILES string of the molecule is Cc1cc([N+](=O)[O-])cc([N+](=O)[O-])c1O.Nc1ccc(S(N)(=O)=O)cc1. The molecule has 0 aliphatic carbocycles. The smallest absolute Gasteiger partial charge is 0.317 e. The van der Waals surface area contributed by atoms with Gasteiger partial charge in [0.15, 0.2) is 5.75 Å². The Hall–Kier alpha value is -3.25. The van der Waals surface area contributed by atoms with Crippen LogP contribution in [0.3, 0.4) is 0 Å². The quantitative estimate of drug-likeness (QED) is 0.410. The Balaban J connectivity index is 0.000000257. The number of aryl methyl sites for hydroxylation is 1. The Kier molecular flexibility index (Phi) is 5.98. The summed E-state index contributed by atoms with van der Waals surface area (Å²) in [7, 11) is -3.58. The molecule has 2 aromatic rings. The molecule has 0 amide bonds. The Labute approximate surface area is 141 Å². The molecular formula is C13H14N4O7S. The number of phenols is 1. The zero-order valence-electron chi connectivity index (χ0n) is 12.8. The molecule has 0 aliphatic heterocycles. The van der Waals surface area contributed by atoms with Gasteiger partial charge in [0.05, 0.1) is 20.8 Å². The first-order valence-corrected chi connectivity index (χ1v) is 7.99. The summed E-state index contributed by atoms with van der Waals surface area (Å²) in [6, 6.07) is 7.50. The normalized spacial score (nSPS) is 10.5. The highest BCUT2D eigenvalue weighted by molar-refractivity contribution is 7.89. The Morgan fingerprint density at radius 3 is 1.96 bits per heavy atom. The van der Waals surface area contributed by atoms with E-state index in [0.717, 1.165) is 12.1 Å². The number of hydrogen-bond acceptors (Lipinski definition) is 8. The monoisotopic (exact) mass is 370 g/mol. The number of primary sulfonamides is 1. The van der Waals surface area contributed by atoms with Crippen LogP contribution in [0, 0.1) is 27.2 Å². The van der Waals surface area contributed by atoms with Gasteiger partial charge in [-0.15, -0.1) is 0 Å². The van der Waals surface area contributed by atoms with Crippen LogP contribution in [0.2, 0.25) is 0 Å². The molecule has 0 aliphatic rings. The molecule has 0 bridgehead atoms. The van der Waals surface area contributed by atoms with E-state index in [1.165, 1.54) is 31.2 Å². The van der Waals surface area contributed by atoms with Crippen LogP contribution in [0.15, 0.2) is 41.3 Å². The molecule has 0 saturated heterocycles. The van der Waals surface area contributed by atoms with Crippen molar-refractivity contribution in [3.05, 3.63) is 62.2 Å². The maximum absolute atomic E-state index is 10.7. The summed E-state index contributed by atoms with van der Waals surface area (Å²) in [4.78, 5) is 19.2. The van der Waals surface area contributed by atoms with Crippen molar-refractivity contribution in [3.8, 4) is 5.75 Å². The first-order chi connectivity index (χ1) is 11.4. The fourth-order valence-corrected chi connectivity index (χ4v) is 2.16. The van der Waals surface area contributed by atoms with Gasteiger partial charge in [-0.2, -0.15) is 0 Å². The molecule has 5 N–H and O–H groups in total. The molecule has 134 valence electrons. The predicted molar refractivity (Wildman–Crippen MR) is 88.4 cm³/mol. The number of nitro groups is 2. The highest BCUT2D eigenvalue weighted by Crippen LogP contribution is 2.33. The lowest BCUT2D eigenvalue weighted by Gasteiger charge is -1.99. The molecule has 0 saturated carbocycles. The molecule has 0 spiro atoms. The van der Waals surface area contributed by atoms with Crippen molar-refractivity contribution < 1.29 is 23.4 Å². The number of benzene rings is 2. The zero-order chi connectivity index (χ0) is 19.4. The third-order valence-electron chi connectivity index (χ3n) is 2.88. The predicted octanol–water partition coefficient (Wildman–Crippen LogP) is 1.43. The Morgan fingerprint density at radius 1 is 1.04 bits per heavy atom. The summed E-state index contributed by atoms with van der Waals surface area (Å²) in [5, 5.41) is 34.8. The zero-order valence-corrected chi connectivity index (χ0v) is 13.6. The number of phenolic OH excluding ortho intramolecular Hbond substituents is 1. The fraction of sp³-hybridized carbons (Fsp3) is 0.0769. The second-order valence-electron chi connectivity index (χ2n) is 4.76. The van der Waals surface area contributed by atoms with Crippen molar-refractivity contribution in [2.24, 2.45) is 5.14 Å². The van der Waals surface area contributed by atoms with Gasteiger partial charge in [-0.3, -0.25) is 20.2 Å². The van der Waals surface area contributed by atoms with Crippen LogP contribution >= 0.6 is 0 Å². The molecule has 12 heteroatoms. The lowest BCUT2D eigenvalue weighted by Crippen LogP contribution is -2.11. The summed E-state index contributed by atoms with van der Waals surface area (Å²) < 4.78 is 21.4. The third kappa shape index (κ3) is 5.40. The average molecular weight is 370 g/mol. The van der Waals surface area contributed by atoms with E-state index in [1.807, 2.05) is 0 Å². The van der Waals surface area contributed by atoms with Crippen LogP contribution in [-0.4, -0.2) is 23.4 Å². The molecule has 0 atom stereocenters. The van der Waals surface area contributed by atoms with Crippen molar-refractivity contribution in [1.82, 2.24) is 0 Å². The molecule has 0 unspecified atom stereocenters. The van der Waals surface area contributed by atoms with E-state index in [4.69, 9.17) is 10.9 Å². The second kappa shape index (κ2) is 7.55. The number of rotatable bonds is 3. The number of anilines is 1. The van der Waals surface area contributed by atoms with E-state index in [0.29, 0.717) is 5.69 Å². The maximum atomic E-state index is 10.7. The van der Waals surface area contributed by atoms with Gasteiger partial charge < -0.3 is 10.8 Å². The molecule has 25 heavy (non-hydrogen) atoms. The number of nitro benzene ring substituents is 2. The highest BCUT2D eigenvalue weighted by atomic mass is 32.2. The van der Waals surface area contributed by atoms with E-state index in [9.17, 15) is 33.8 Å². The number of sulfonamides is 1. The number of hydrogen-bond donors (Lipinski definition) is 3. The van der Waals surface area contributed by atoms with Gasteiger partial charge in [-0.25, -0.2) is 13.6 Å². The topological polar surface area (TPSA) is 193 Å². The van der Waals surface area contributed by atoms with E-state index in [2.05, 4.69) is 0 Å². The summed E-state index contributed by atoms with van der Waals surface area (Å²) in [6.45, 7) is 1.36. The Morgan fingerprint density at radius 2 is 1.56 bits per heavy atom. The third-order valence-corrected chi connectivity index (χ3v) is 3.81. The first kappa shape index (κ1) is 19.8. The standard InChI is InChI=1S/C7H6N2O5.C6H8N2O2S/c1-4-2-5(8(11)12)3-6(7(4)10)9(13)14;7-5-1-3-6(4-2-5)11(8,9)10/h2-3,10H,1H3;1-4H,7H2,(H2,8,9,10). The van der Waals surface area contributed by atoms with Crippen LogP contribution in [0.1, 0.15) is 5.56 Å². The molecule has 0 heterocycles. The van der Waals surface area contributed by atoms with Gasteiger partial charge in [0.25, 0.3) is 5.69 Å². The van der Waals surface area contributed by atoms with Crippen LogP contribution in [-0.2, 0) is 10.0 Å². The maximum Gasteiger partial charge on any atom is 0.317 e. The number of nitrogens with zero attached hydrogens (tertiary/aromatic N) is 2. The molecule has 2 aromatic carbocycles. The van der Waals surface area contributed by atoms with Crippen LogP contribution < -0.4 is 10.9 Å². The van der Waals surface area contributed by atoms with E-state index < -0.39 is 37.0 Å². The van der Waals surface area contributed by atoms with E-state index in [1.54, 1.807) is 0 Å². The summed E-state index contributed by atoms with van der Waals surface area (Å²) >= 11 is 0. The average Bonchev–Trinajstić information content (AvgIpc) is 2.49. The number of nitrogens with two attached hydrogens (primary N) is 2. The van der Waals surface area contributed by atoms with E-state index in [-0.39, 0.29) is 10.5 Å². The van der Waals surface area contributed by atoms with Crippen molar-refractivity contribution >= 4 is 27.1 Å². The minimum Gasteiger partial charge on any atom is -0.502 e. The molecular weight excluding hydrogens is 356 g/mol. The lowest BCUT2D eigenvalue weighted by molar-refractivity contribution is -0.394. The fourth-order valence-electron chi connectivity index (χ4n) is 1.64. The molecule has 11 nitrogen and oxygen atoms in total. The molecule has 0 fully saturated rings. The second-order valence-corrected chi connectivity index (χ2v) is 6.32. The molecule has 0 radical (unpaired) electrons. The largest absolute Gasteiger partial charge is 0.502 e. The number of non-ortho nitro benzene ring substituents is 1.